The van der Waals surface area contributed by atoms with E-state index >= 15 is 0 Å². The Morgan fingerprint density at radius 2 is 1.91 bits per heavy atom. The molecule has 0 saturated carbocycles. The molecule has 0 unspecified atom stereocenters. The van der Waals surface area contributed by atoms with Crippen molar-refractivity contribution >= 4 is 17.6 Å². The molecule has 0 fully saturated rings. The number of nitrogens with one attached hydrogen (secondary N) is 1. The van der Waals surface area contributed by atoms with Crippen molar-refractivity contribution in [2.75, 3.05) is 39.9 Å². The summed E-state index contributed by atoms with van der Waals surface area (Å²) in [6, 6.07) is 4.14. The Morgan fingerprint density at radius 3 is 2.52 bits per heavy atom. The highest BCUT2D eigenvalue weighted by Gasteiger charge is 2.17. The van der Waals surface area contributed by atoms with Gasteiger partial charge in [0.05, 0.1) is 26.9 Å². The number of ether oxygens (including phenoxy) is 4. The van der Waals surface area contributed by atoms with E-state index in [1.807, 2.05) is 0 Å². The monoisotopic (exact) mass is 327 g/mol. The molecular formula is C15H18FNO6. The lowest BCUT2D eigenvalue weighted by Gasteiger charge is -2.15. The predicted molar refractivity (Wildman–Crippen MR) is 79.5 cm³/mol. The molecule has 1 aromatic carbocycles. The van der Waals surface area contributed by atoms with Gasteiger partial charge in [0.2, 0.25) is 0 Å². The number of methoxy groups -OCH3 is 3. The molecular weight excluding hydrogens is 309 g/mol. The standard InChI is InChI=1S/C15H18FNO6/c1-20-7-8-23-12-6-4-5-10(16)14(12)17-11(15(19)22-3)9-13(18)21-2/h4-6,9,17H,7-8H2,1-3H3/b11-9+. The molecule has 0 saturated heterocycles. The lowest BCUT2D eigenvalue weighted by Crippen LogP contribution is -2.17. The first kappa shape index (κ1) is 18.4. The Labute approximate surface area is 133 Å². The van der Waals surface area contributed by atoms with E-state index in [0.717, 1.165) is 20.3 Å². The third-order valence-electron chi connectivity index (χ3n) is 2.65. The van der Waals surface area contributed by atoms with Gasteiger partial charge in [0.25, 0.3) is 0 Å². The van der Waals surface area contributed by atoms with Crippen molar-refractivity contribution in [3.05, 3.63) is 35.8 Å². The summed E-state index contributed by atoms with van der Waals surface area (Å²) in [4.78, 5) is 23.0. The molecule has 0 aliphatic carbocycles. The van der Waals surface area contributed by atoms with Crippen molar-refractivity contribution in [3.63, 3.8) is 0 Å². The fourth-order valence-corrected chi connectivity index (χ4v) is 1.55. The third-order valence-corrected chi connectivity index (χ3v) is 2.65. The van der Waals surface area contributed by atoms with Crippen LogP contribution in [0.2, 0.25) is 0 Å². The molecule has 0 aromatic heterocycles. The molecule has 0 atom stereocenters. The quantitative estimate of drug-likeness (QED) is 0.440. The molecule has 0 bridgehead atoms. The molecule has 1 aromatic rings. The molecule has 0 radical (unpaired) electrons. The van der Waals surface area contributed by atoms with Crippen molar-refractivity contribution in [3.8, 4) is 5.75 Å². The number of para-hydroxylation sites is 1. The van der Waals surface area contributed by atoms with Crippen LogP contribution in [0.4, 0.5) is 10.1 Å². The predicted octanol–water partition coefficient (Wildman–Crippen LogP) is 1.49. The van der Waals surface area contributed by atoms with E-state index in [1.54, 1.807) is 0 Å². The summed E-state index contributed by atoms with van der Waals surface area (Å²) in [6.45, 7) is 0.487. The highest BCUT2D eigenvalue weighted by atomic mass is 19.1. The van der Waals surface area contributed by atoms with Gasteiger partial charge in [-0.15, -0.1) is 0 Å². The van der Waals surface area contributed by atoms with Crippen LogP contribution in [-0.2, 0) is 23.8 Å². The average Bonchev–Trinajstić information content (AvgIpc) is 2.55. The first-order chi connectivity index (χ1) is 11.0. The molecule has 1 N–H and O–H groups in total. The van der Waals surface area contributed by atoms with Crippen LogP contribution in [0.3, 0.4) is 0 Å². The van der Waals surface area contributed by atoms with Gasteiger partial charge in [-0.3, -0.25) is 0 Å². The second-order valence-electron chi connectivity index (χ2n) is 4.15. The van der Waals surface area contributed by atoms with Crippen molar-refractivity contribution in [1.82, 2.24) is 0 Å². The fourth-order valence-electron chi connectivity index (χ4n) is 1.55. The zero-order valence-corrected chi connectivity index (χ0v) is 13.1. The number of esters is 2. The molecule has 0 aliphatic rings. The van der Waals surface area contributed by atoms with Crippen LogP contribution in [0.1, 0.15) is 0 Å². The smallest absolute Gasteiger partial charge is 0.354 e. The maximum atomic E-state index is 14.0. The topological polar surface area (TPSA) is 83.1 Å². The number of carbonyl (C=O) groups excluding carboxylic acids is 2. The number of hydrogen-bond donors (Lipinski definition) is 1. The Kier molecular flexibility index (Phi) is 7.55. The molecule has 0 heterocycles. The molecule has 23 heavy (non-hydrogen) atoms. The van der Waals surface area contributed by atoms with Gasteiger partial charge in [-0.25, -0.2) is 14.0 Å². The molecule has 126 valence electrons. The zero-order valence-electron chi connectivity index (χ0n) is 13.1. The molecule has 8 heteroatoms. The zero-order chi connectivity index (χ0) is 17.2. The molecule has 0 aliphatic heterocycles. The maximum absolute atomic E-state index is 14.0. The van der Waals surface area contributed by atoms with E-state index in [4.69, 9.17) is 9.47 Å². The van der Waals surface area contributed by atoms with Gasteiger partial charge in [-0.1, -0.05) is 6.07 Å². The summed E-state index contributed by atoms with van der Waals surface area (Å²) >= 11 is 0. The van der Waals surface area contributed by atoms with Gasteiger partial charge in [0.15, 0.2) is 0 Å². The minimum atomic E-state index is -0.860. The number of benzene rings is 1. The highest BCUT2D eigenvalue weighted by molar-refractivity contribution is 5.99. The minimum absolute atomic E-state index is 0.107. The van der Waals surface area contributed by atoms with Crippen molar-refractivity contribution in [2.24, 2.45) is 0 Å². The Hall–Kier alpha value is -2.61. The number of anilines is 1. The average molecular weight is 327 g/mol. The highest BCUT2D eigenvalue weighted by Crippen LogP contribution is 2.29. The van der Waals surface area contributed by atoms with Crippen LogP contribution < -0.4 is 10.1 Å². The van der Waals surface area contributed by atoms with Gasteiger partial charge in [-0.05, 0) is 12.1 Å². The third kappa shape index (κ3) is 5.59. The summed E-state index contributed by atoms with van der Waals surface area (Å²) in [7, 11) is 3.78. The van der Waals surface area contributed by atoms with E-state index in [9.17, 15) is 14.0 Å². The van der Waals surface area contributed by atoms with Crippen LogP contribution in [0.15, 0.2) is 30.0 Å². The van der Waals surface area contributed by atoms with Gasteiger partial charge in [-0.2, -0.15) is 0 Å². The maximum Gasteiger partial charge on any atom is 0.354 e. The summed E-state index contributed by atoms with van der Waals surface area (Å²) in [5.41, 5.74) is -0.398. The van der Waals surface area contributed by atoms with Crippen LogP contribution in [0.5, 0.6) is 5.75 Å². The molecule has 0 amide bonds. The van der Waals surface area contributed by atoms with Gasteiger partial charge < -0.3 is 24.3 Å². The SMILES string of the molecule is COCCOc1cccc(F)c1N/C(=C/C(=O)OC)C(=O)OC. The lowest BCUT2D eigenvalue weighted by molar-refractivity contribution is -0.138. The molecule has 1 rings (SSSR count). The van der Waals surface area contributed by atoms with Crippen LogP contribution in [0.25, 0.3) is 0 Å². The van der Waals surface area contributed by atoms with Crippen molar-refractivity contribution < 1.29 is 32.9 Å². The Morgan fingerprint density at radius 1 is 1.17 bits per heavy atom. The van der Waals surface area contributed by atoms with Crippen LogP contribution in [-0.4, -0.2) is 46.5 Å². The fraction of sp³-hybridized carbons (Fsp3) is 0.333. The molecule has 7 nitrogen and oxygen atoms in total. The summed E-state index contributed by atoms with van der Waals surface area (Å²) in [5, 5.41) is 2.50. The second-order valence-corrected chi connectivity index (χ2v) is 4.15. The Balaban J connectivity index is 3.09. The number of carbonyl (C=O) groups is 2. The van der Waals surface area contributed by atoms with E-state index in [2.05, 4.69) is 14.8 Å². The summed E-state index contributed by atoms with van der Waals surface area (Å²) < 4.78 is 33.3. The number of hydrogen-bond acceptors (Lipinski definition) is 7. The first-order valence-corrected chi connectivity index (χ1v) is 6.58. The summed E-state index contributed by atoms with van der Waals surface area (Å²) in [5.74, 6) is -2.17. The normalized spacial score (nSPS) is 10.9. The second kappa shape index (κ2) is 9.42. The summed E-state index contributed by atoms with van der Waals surface area (Å²) in [6.07, 6.45) is 0.858. The van der Waals surface area contributed by atoms with Gasteiger partial charge >= 0.3 is 11.9 Å². The number of rotatable bonds is 8. The van der Waals surface area contributed by atoms with Crippen LogP contribution >= 0.6 is 0 Å². The van der Waals surface area contributed by atoms with Gasteiger partial charge in [0, 0.05) is 7.11 Å². The van der Waals surface area contributed by atoms with Crippen LogP contribution in [0, 0.1) is 5.82 Å². The Bertz CT molecular complexity index is 587. The van der Waals surface area contributed by atoms with E-state index in [0.29, 0.717) is 6.61 Å². The van der Waals surface area contributed by atoms with E-state index in [-0.39, 0.29) is 23.7 Å². The largest absolute Gasteiger partial charge is 0.489 e. The van der Waals surface area contributed by atoms with Crippen molar-refractivity contribution in [1.29, 1.82) is 0 Å². The lowest BCUT2D eigenvalue weighted by atomic mass is 10.2. The molecule has 0 spiro atoms. The van der Waals surface area contributed by atoms with E-state index in [1.165, 1.54) is 25.3 Å². The van der Waals surface area contributed by atoms with Crippen molar-refractivity contribution in [2.45, 2.75) is 0 Å². The number of halogens is 1. The minimum Gasteiger partial charge on any atom is -0.489 e. The van der Waals surface area contributed by atoms with Gasteiger partial charge in [0.1, 0.15) is 29.6 Å². The first-order valence-electron chi connectivity index (χ1n) is 6.58. The van der Waals surface area contributed by atoms with E-state index < -0.39 is 17.8 Å².